The van der Waals surface area contributed by atoms with Crippen LogP contribution < -0.4 is 10.2 Å². The molecule has 1 aromatic rings. The largest absolute Gasteiger partial charge is 0.432 e. The van der Waals surface area contributed by atoms with E-state index in [0.717, 1.165) is 37.3 Å². The number of hydrogen-bond donors (Lipinski definition) is 1. The number of rotatable bonds is 4. The molecule has 0 radical (unpaired) electrons. The Bertz CT molecular complexity index is 386. The van der Waals surface area contributed by atoms with Crippen molar-refractivity contribution in [2.24, 2.45) is 5.92 Å². The smallest absolute Gasteiger partial charge is 0.297 e. The van der Waals surface area contributed by atoms with Crippen molar-refractivity contribution < 1.29 is 4.42 Å². The quantitative estimate of drug-likeness (QED) is 0.907. The molecule has 108 valence electrons. The van der Waals surface area contributed by atoms with Crippen LogP contribution in [0.15, 0.2) is 10.7 Å². The van der Waals surface area contributed by atoms with Gasteiger partial charge in [0.2, 0.25) is 0 Å². The molecule has 0 unspecified atom stereocenters. The molecule has 0 atom stereocenters. The normalized spacial score (nSPS) is 18.0. The molecule has 2 heterocycles. The number of nitrogens with one attached hydrogen (secondary N) is 1. The molecular formula is C15H27N3O. The summed E-state index contributed by atoms with van der Waals surface area (Å²) in [6.45, 7) is 11.7. The van der Waals surface area contributed by atoms with E-state index in [2.05, 4.69) is 42.9 Å². The fourth-order valence-corrected chi connectivity index (χ4v) is 2.41. The summed E-state index contributed by atoms with van der Waals surface area (Å²) in [5, 5.41) is 3.43. The Morgan fingerprint density at radius 3 is 2.63 bits per heavy atom. The zero-order valence-electron chi connectivity index (χ0n) is 12.7. The van der Waals surface area contributed by atoms with Gasteiger partial charge in [0, 0.05) is 25.2 Å². The number of aromatic nitrogens is 1. The van der Waals surface area contributed by atoms with Gasteiger partial charge in [0.15, 0.2) is 0 Å². The summed E-state index contributed by atoms with van der Waals surface area (Å²) in [4.78, 5) is 6.86. The summed E-state index contributed by atoms with van der Waals surface area (Å²) < 4.78 is 5.61. The maximum absolute atomic E-state index is 5.61. The summed E-state index contributed by atoms with van der Waals surface area (Å²) in [5.74, 6) is 0.883. The van der Waals surface area contributed by atoms with Gasteiger partial charge >= 0.3 is 0 Å². The third-order valence-corrected chi connectivity index (χ3v) is 3.80. The van der Waals surface area contributed by atoms with Gasteiger partial charge < -0.3 is 14.6 Å². The first-order chi connectivity index (χ1) is 8.98. The van der Waals surface area contributed by atoms with E-state index in [-0.39, 0.29) is 5.54 Å². The molecular weight excluding hydrogens is 238 g/mol. The Morgan fingerprint density at radius 1 is 1.37 bits per heavy atom. The summed E-state index contributed by atoms with van der Waals surface area (Å²) in [7, 11) is 0. The lowest BCUT2D eigenvalue weighted by Gasteiger charge is -2.30. The second-order valence-electron chi connectivity index (χ2n) is 6.56. The third-order valence-electron chi connectivity index (χ3n) is 3.80. The van der Waals surface area contributed by atoms with Crippen LogP contribution in [0, 0.1) is 5.92 Å². The zero-order valence-corrected chi connectivity index (χ0v) is 12.7. The van der Waals surface area contributed by atoms with Gasteiger partial charge in [0.25, 0.3) is 6.01 Å². The highest BCUT2D eigenvalue weighted by atomic mass is 16.4. The van der Waals surface area contributed by atoms with Crippen molar-refractivity contribution in [2.75, 3.05) is 18.0 Å². The van der Waals surface area contributed by atoms with E-state index in [1.54, 1.807) is 6.26 Å². The van der Waals surface area contributed by atoms with Crippen LogP contribution >= 0.6 is 0 Å². The SMILES string of the molecule is CCC1CCN(c2nc(CNC(C)(C)C)co2)CC1. The second kappa shape index (κ2) is 5.95. The summed E-state index contributed by atoms with van der Waals surface area (Å²) in [6.07, 6.45) is 5.59. The van der Waals surface area contributed by atoms with Gasteiger partial charge in [-0.05, 0) is 39.5 Å². The van der Waals surface area contributed by atoms with Gasteiger partial charge in [-0.3, -0.25) is 0 Å². The Kier molecular flexibility index (Phi) is 4.50. The van der Waals surface area contributed by atoms with Crippen LogP contribution in [0.5, 0.6) is 0 Å². The lowest BCUT2D eigenvalue weighted by molar-refractivity contribution is 0.378. The van der Waals surface area contributed by atoms with Crippen LogP contribution in [0.4, 0.5) is 6.01 Å². The Labute approximate surface area is 116 Å². The number of hydrogen-bond acceptors (Lipinski definition) is 4. The first-order valence-electron chi connectivity index (χ1n) is 7.42. The van der Waals surface area contributed by atoms with Gasteiger partial charge in [-0.25, -0.2) is 0 Å². The highest BCUT2D eigenvalue weighted by Crippen LogP contribution is 2.24. The molecule has 2 rings (SSSR count). The average Bonchev–Trinajstić information content (AvgIpc) is 2.84. The predicted molar refractivity (Wildman–Crippen MR) is 78.3 cm³/mol. The molecule has 1 aliphatic heterocycles. The van der Waals surface area contributed by atoms with Crippen molar-refractivity contribution in [3.8, 4) is 0 Å². The Balaban J connectivity index is 1.87. The second-order valence-corrected chi connectivity index (χ2v) is 6.56. The zero-order chi connectivity index (χ0) is 13.9. The van der Waals surface area contributed by atoms with E-state index in [0.29, 0.717) is 0 Å². The van der Waals surface area contributed by atoms with Crippen molar-refractivity contribution in [2.45, 2.75) is 59.0 Å². The maximum Gasteiger partial charge on any atom is 0.297 e. The van der Waals surface area contributed by atoms with E-state index >= 15 is 0 Å². The standard InChI is InChI=1S/C15H27N3O/c1-5-12-6-8-18(9-7-12)14-17-13(11-19-14)10-16-15(2,3)4/h11-12,16H,5-10H2,1-4H3. The average molecular weight is 265 g/mol. The van der Waals surface area contributed by atoms with Gasteiger partial charge in [0.05, 0.1) is 5.69 Å². The molecule has 1 aliphatic rings. The molecule has 1 aromatic heterocycles. The number of piperidine rings is 1. The molecule has 1 N–H and O–H groups in total. The van der Waals surface area contributed by atoms with Crippen LogP contribution in [-0.2, 0) is 6.54 Å². The van der Waals surface area contributed by atoms with Crippen LogP contribution in [0.3, 0.4) is 0 Å². The van der Waals surface area contributed by atoms with E-state index in [4.69, 9.17) is 4.42 Å². The van der Waals surface area contributed by atoms with Crippen molar-refractivity contribution >= 4 is 6.01 Å². The number of oxazole rings is 1. The van der Waals surface area contributed by atoms with E-state index in [1.165, 1.54) is 19.3 Å². The molecule has 1 saturated heterocycles. The summed E-state index contributed by atoms with van der Waals surface area (Å²) >= 11 is 0. The number of nitrogens with zero attached hydrogens (tertiary/aromatic N) is 2. The molecule has 4 heteroatoms. The topological polar surface area (TPSA) is 41.3 Å². The molecule has 0 aliphatic carbocycles. The molecule has 1 fully saturated rings. The van der Waals surface area contributed by atoms with Crippen molar-refractivity contribution in [1.29, 1.82) is 0 Å². The van der Waals surface area contributed by atoms with Gasteiger partial charge in [-0.15, -0.1) is 0 Å². The Morgan fingerprint density at radius 2 is 2.05 bits per heavy atom. The fourth-order valence-electron chi connectivity index (χ4n) is 2.41. The maximum atomic E-state index is 5.61. The van der Waals surface area contributed by atoms with Gasteiger partial charge in [-0.2, -0.15) is 4.98 Å². The molecule has 0 spiro atoms. The molecule has 0 aromatic carbocycles. The Hall–Kier alpha value is -1.03. The van der Waals surface area contributed by atoms with Crippen molar-refractivity contribution in [3.63, 3.8) is 0 Å². The monoisotopic (exact) mass is 265 g/mol. The van der Waals surface area contributed by atoms with Crippen molar-refractivity contribution in [1.82, 2.24) is 10.3 Å². The first-order valence-corrected chi connectivity index (χ1v) is 7.42. The highest BCUT2D eigenvalue weighted by Gasteiger charge is 2.21. The molecule has 0 bridgehead atoms. The van der Waals surface area contributed by atoms with Crippen LogP contribution in [-0.4, -0.2) is 23.6 Å². The molecule has 19 heavy (non-hydrogen) atoms. The van der Waals surface area contributed by atoms with E-state index < -0.39 is 0 Å². The number of anilines is 1. The molecule has 0 amide bonds. The van der Waals surface area contributed by atoms with Gasteiger partial charge in [-0.1, -0.05) is 13.3 Å². The minimum absolute atomic E-state index is 0.110. The summed E-state index contributed by atoms with van der Waals surface area (Å²) in [6, 6.07) is 0.792. The predicted octanol–water partition coefficient (Wildman–Crippen LogP) is 3.19. The molecule has 4 nitrogen and oxygen atoms in total. The van der Waals surface area contributed by atoms with E-state index in [1.807, 2.05) is 0 Å². The minimum Gasteiger partial charge on any atom is -0.432 e. The lowest BCUT2D eigenvalue weighted by atomic mass is 9.95. The molecule has 0 saturated carbocycles. The minimum atomic E-state index is 0.110. The fraction of sp³-hybridized carbons (Fsp3) is 0.800. The summed E-state index contributed by atoms with van der Waals surface area (Å²) in [5.41, 5.74) is 1.10. The van der Waals surface area contributed by atoms with Crippen LogP contribution in [0.1, 0.15) is 52.7 Å². The van der Waals surface area contributed by atoms with E-state index in [9.17, 15) is 0 Å². The lowest BCUT2D eigenvalue weighted by Crippen LogP contribution is -2.35. The van der Waals surface area contributed by atoms with Crippen LogP contribution in [0.2, 0.25) is 0 Å². The third kappa shape index (κ3) is 4.23. The van der Waals surface area contributed by atoms with Crippen LogP contribution in [0.25, 0.3) is 0 Å². The highest BCUT2D eigenvalue weighted by molar-refractivity contribution is 5.27. The van der Waals surface area contributed by atoms with Crippen molar-refractivity contribution in [3.05, 3.63) is 12.0 Å². The first kappa shape index (κ1) is 14.4. The van der Waals surface area contributed by atoms with Gasteiger partial charge in [0.1, 0.15) is 6.26 Å².